The minimum Gasteiger partial charge on any atom is -0.436 e. The van der Waals surface area contributed by atoms with Crippen molar-refractivity contribution in [1.29, 1.82) is 0 Å². The summed E-state index contributed by atoms with van der Waals surface area (Å²) in [6, 6.07) is 7.83. The minimum atomic E-state index is -0.0647. The van der Waals surface area contributed by atoms with Crippen molar-refractivity contribution in [2.45, 2.75) is 33.1 Å². The van der Waals surface area contributed by atoms with Crippen molar-refractivity contribution in [2.24, 2.45) is 5.92 Å². The molecule has 1 atom stereocenters. The Morgan fingerprint density at radius 1 is 1.24 bits per heavy atom. The van der Waals surface area contributed by atoms with Gasteiger partial charge in [0.25, 0.3) is 5.88 Å². The van der Waals surface area contributed by atoms with Crippen LogP contribution in [0.15, 0.2) is 36.7 Å². The number of hydrogen-bond donors (Lipinski definition) is 1. The summed E-state index contributed by atoms with van der Waals surface area (Å²) >= 11 is 0. The zero-order valence-electron chi connectivity index (χ0n) is 17.3. The summed E-state index contributed by atoms with van der Waals surface area (Å²) in [4.78, 5) is 23.5. The number of aromatic nitrogens is 2. The molecule has 0 spiro atoms. The summed E-state index contributed by atoms with van der Waals surface area (Å²) in [5.74, 6) is 1.90. The molecule has 1 aliphatic rings. The van der Waals surface area contributed by atoms with Gasteiger partial charge in [-0.2, -0.15) is 0 Å². The van der Waals surface area contributed by atoms with Crippen molar-refractivity contribution in [1.82, 2.24) is 15.3 Å². The monoisotopic (exact) mass is 398 g/mol. The number of ether oxygens (including phenoxy) is 2. The molecule has 0 unspecified atom stereocenters. The van der Waals surface area contributed by atoms with Crippen LogP contribution in [0.4, 0.5) is 5.82 Å². The zero-order valence-corrected chi connectivity index (χ0v) is 17.3. The molecule has 1 aliphatic heterocycles. The van der Waals surface area contributed by atoms with Crippen molar-refractivity contribution in [2.75, 3.05) is 37.7 Å². The van der Waals surface area contributed by atoms with Crippen LogP contribution in [-0.2, 0) is 9.53 Å². The van der Waals surface area contributed by atoms with Crippen LogP contribution in [0.2, 0.25) is 0 Å². The molecule has 7 nitrogen and oxygen atoms in total. The Labute approximate surface area is 172 Å². The van der Waals surface area contributed by atoms with Gasteiger partial charge in [0.2, 0.25) is 5.91 Å². The number of amides is 1. The van der Waals surface area contributed by atoms with Crippen molar-refractivity contribution in [3.05, 3.63) is 42.2 Å². The number of piperidine rings is 1. The highest BCUT2D eigenvalue weighted by atomic mass is 16.5. The summed E-state index contributed by atoms with van der Waals surface area (Å²) < 4.78 is 11.3. The van der Waals surface area contributed by atoms with E-state index in [1.165, 1.54) is 5.56 Å². The lowest BCUT2D eigenvalue weighted by Crippen LogP contribution is -2.43. The second kappa shape index (κ2) is 10.8. The SMILES string of the molecule is CCOCCCNC(=O)[C@H]1CCCN(c2nccnc2Oc2ccc(C)cc2)C1. The van der Waals surface area contributed by atoms with E-state index in [-0.39, 0.29) is 11.8 Å². The first-order valence-corrected chi connectivity index (χ1v) is 10.3. The molecule has 3 rings (SSSR count). The molecule has 29 heavy (non-hydrogen) atoms. The van der Waals surface area contributed by atoms with Crippen LogP contribution in [0.5, 0.6) is 11.6 Å². The summed E-state index contributed by atoms with van der Waals surface area (Å²) in [6.07, 6.45) is 5.92. The van der Waals surface area contributed by atoms with E-state index in [1.807, 2.05) is 38.1 Å². The third kappa shape index (κ3) is 6.15. The molecular formula is C22H30N4O3. The van der Waals surface area contributed by atoms with Gasteiger partial charge in [0.15, 0.2) is 5.82 Å². The van der Waals surface area contributed by atoms with Crippen LogP contribution in [0.3, 0.4) is 0 Å². The standard InChI is InChI=1S/C22H30N4O3/c1-3-28-15-5-11-24-21(27)18-6-4-14-26(16-18)20-22(25-13-12-23-20)29-19-9-7-17(2)8-10-19/h7-10,12-13,18H,3-6,11,14-16H2,1-2H3,(H,24,27)/t18-/m0/s1. The molecule has 156 valence electrons. The zero-order chi connectivity index (χ0) is 20.5. The van der Waals surface area contributed by atoms with Gasteiger partial charge in [-0.1, -0.05) is 17.7 Å². The molecule has 1 saturated heterocycles. The fourth-order valence-electron chi connectivity index (χ4n) is 3.38. The number of nitrogens with zero attached hydrogens (tertiary/aromatic N) is 3. The third-order valence-electron chi connectivity index (χ3n) is 4.94. The van der Waals surface area contributed by atoms with Crippen LogP contribution >= 0.6 is 0 Å². The van der Waals surface area contributed by atoms with E-state index in [0.29, 0.717) is 38.0 Å². The summed E-state index contributed by atoms with van der Waals surface area (Å²) in [6.45, 7) is 7.47. The molecule has 0 saturated carbocycles. The number of anilines is 1. The summed E-state index contributed by atoms with van der Waals surface area (Å²) in [5.41, 5.74) is 1.17. The molecule has 2 aromatic rings. The predicted octanol–water partition coefficient (Wildman–Crippen LogP) is 3.34. The maximum atomic E-state index is 12.6. The van der Waals surface area contributed by atoms with Crippen LogP contribution in [0.25, 0.3) is 0 Å². The molecule has 7 heteroatoms. The Morgan fingerprint density at radius 2 is 2.03 bits per heavy atom. The molecule has 1 amide bonds. The number of nitrogens with one attached hydrogen (secondary N) is 1. The minimum absolute atomic E-state index is 0.0647. The van der Waals surface area contributed by atoms with Gasteiger partial charge < -0.3 is 19.7 Å². The van der Waals surface area contributed by atoms with Gasteiger partial charge in [0.05, 0.1) is 5.92 Å². The second-order valence-electron chi connectivity index (χ2n) is 7.23. The van der Waals surface area contributed by atoms with Gasteiger partial charge in [-0.05, 0) is 45.2 Å². The average Bonchev–Trinajstić information content (AvgIpc) is 2.75. The van der Waals surface area contributed by atoms with Crippen LogP contribution in [-0.4, -0.2) is 48.7 Å². The van der Waals surface area contributed by atoms with Gasteiger partial charge in [-0.15, -0.1) is 0 Å². The van der Waals surface area contributed by atoms with E-state index < -0.39 is 0 Å². The number of rotatable bonds is 9. The van der Waals surface area contributed by atoms with Crippen molar-refractivity contribution in [3.8, 4) is 11.6 Å². The maximum Gasteiger partial charge on any atom is 0.263 e. The highest BCUT2D eigenvalue weighted by molar-refractivity contribution is 5.79. The van der Waals surface area contributed by atoms with E-state index in [1.54, 1.807) is 12.4 Å². The molecule has 2 heterocycles. The number of carbonyl (C=O) groups excluding carboxylic acids is 1. The van der Waals surface area contributed by atoms with E-state index in [0.717, 1.165) is 31.6 Å². The second-order valence-corrected chi connectivity index (χ2v) is 7.23. The first-order chi connectivity index (χ1) is 14.2. The van der Waals surface area contributed by atoms with Crippen LogP contribution in [0, 0.1) is 12.8 Å². The number of hydrogen-bond acceptors (Lipinski definition) is 6. The van der Waals surface area contributed by atoms with Gasteiger partial charge >= 0.3 is 0 Å². The topological polar surface area (TPSA) is 76.6 Å². The molecule has 1 aromatic carbocycles. The lowest BCUT2D eigenvalue weighted by atomic mass is 9.97. The Kier molecular flexibility index (Phi) is 7.81. The van der Waals surface area contributed by atoms with Crippen molar-refractivity contribution < 1.29 is 14.3 Å². The quantitative estimate of drug-likeness (QED) is 0.653. The number of carbonyl (C=O) groups is 1. The highest BCUT2D eigenvalue weighted by Crippen LogP contribution is 2.31. The molecule has 0 aliphatic carbocycles. The first-order valence-electron chi connectivity index (χ1n) is 10.3. The maximum absolute atomic E-state index is 12.6. The van der Waals surface area contributed by atoms with Gasteiger partial charge in [0.1, 0.15) is 5.75 Å². The van der Waals surface area contributed by atoms with E-state index in [9.17, 15) is 4.79 Å². The first kappa shape index (κ1) is 21.0. The molecule has 1 N–H and O–H groups in total. The average molecular weight is 399 g/mol. The fraction of sp³-hybridized carbons (Fsp3) is 0.500. The molecular weight excluding hydrogens is 368 g/mol. The smallest absolute Gasteiger partial charge is 0.263 e. The van der Waals surface area contributed by atoms with Crippen LogP contribution in [0.1, 0.15) is 31.7 Å². The van der Waals surface area contributed by atoms with Crippen molar-refractivity contribution in [3.63, 3.8) is 0 Å². The van der Waals surface area contributed by atoms with E-state index in [2.05, 4.69) is 20.2 Å². The summed E-state index contributed by atoms with van der Waals surface area (Å²) in [5, 5.41) is 3.03. The van der Waals surface area contributed by atoms with Crippen molar-refractivity contribution >= 4 is 11.7 Å². The predicted molar refractivity (Wildman–Crippen MR) is 112 cm³/mol. The van der Waals surface area contributed by atoms with Crippen LogP contribution < -0.4 is 15.0 Å². The molecule has 1 aromatic heterocycles. The Balaban J connectivity index is 1.61. The Hall–Kier alpha value is -2.67. The molecule has 0 radical (unpaired) electrons. The van der Waals surface area contributed by atoms with E-state index in [4.69, 9.17) is 9.47 Å². The Morgan fingerprint density at radius 3 is 2.83 bits per heavy atom. The van der Waals surface area contributed by atoms with Gasteiger partial charge in [0, 0.05) is 45.2 Å². The fourth-order valence-corrected chi connectivity index (χ4v) is 3.38. The Bertz CT molecular complexity index is 782. The lowest BCUT2D eigenvalue weighted by Gasteiger charge is -2.33. The summed E-state index contributed by atoms with van der Waals surface area (Å²) in [7, 11) is 0. The number of benzene rings is 1. The van der Waals surface area contributed by atoms with E-state index >= 15 is 0 Å². The molecule has 1 fully saturated rings. The molecule has 0 bridgehead atoms. The third-order valence-corrected chi connectivity index (χ3v) is 4.94. The highest BCUT2D eigenvalue weighted by Gasteiger charge is 2.28. The lowest BCUT2D eigenvalue weighted by molar-refractivity contribution is -0.125. The normalized spacial score (nSPS) is 16.5. The largest absolute Gasteiger partial charge is 0.436 e. The van der Waals surface area contributed by atoms with Gasteiger partial charge in [-0.3, -0.25) is 4.79 Å². The van der Waals surface area contributed by atoms with Gasteiger partial charge in [-0.25, -0.2) is 9.97 Å². The number of aryl methyl sites for hydroxylation is 1.